The fourth-order valence-corrected chi connectivity index (χ4v) is 2.01. The number of amides is 1. The highest BCUT2D eigenvalue weighted by molar-refractivity contribution is 6.55. The number of ketones is 1. The molecule has 1 aromatic rings. The van der Waals surface area contributed by atoms with Crippen molar-refractivity contribution in [1.82, 2.24) is 0 Å². The Morgan fingerprint density at radius 3 is 2.71 bits per heavy atom. The third-order valence-corrected chi connectivity index (χ3v) is 2.87. The molecule has 0 bridgehead atoms. The minimum atomic E-state index is -1.09. The summed E-state index contributed by atoms with van der Waals surface area (Å²) in [5.74, 6) is -1.42. The van der Waals surface area contributed by atoms with Crippen molar-refractivity contribution < 1.29 is 19.8 Å². The van der Waals surface area contributed by atoms with Crippen molar-refractivity contribution in [1.29, 1.82) is 0 Å². The lowest BCUT2D eigenvalue weighted by Gasteiger charge is -2.19. The van der Waals surface area contributed by atoms with Crippen LogP contribution in [0.1, 0.15) is 10.4 Å². The Bertz CT molecular complexity index is 488. The molecule has 0 fully saturated rings. The molecule has 0 aromatic heterocycles. The number of carbonyl (C=O) groups excluding carboxylic acids is 2. The van der Waals surface area contributed by atoms with Gasteiger partial charge in [-0.25, -0.2) is 0 Å². The summed E-state index contributed by atoms with van der Waals surface area (Å²) in [5.41, 5.74) is 0.532. The fourth-order valence-electron chi connectivity index (χ4n) is 1.75. The molecule has 2 rings (SSSR count). The van der Waals surface area contributed by atoms with Gasteiger partial charge in [0.1, 0.15) is 0 Å². The van der Waals surface area contributed by atoms with E-state index in [4.69, 9.17) is 16.7 Å². The standard InChI is InChI=1S/C11H10ClNO4/c12-7-2-1-3-8-9(7)10(16)11(17)13(8)4-6(15)5-14/h1-3,6,14-15H,4-5H2. The van der Waals surface area contributed by atoms with Gasteiger partial charge in [-0.3, -0.25) is 9.59 Å². The maximum atomic E-state index is 11.7. The van der Waals surface area contributed by atoms with Gasteiger partial charge in [0.25, 0.3) is 11.7 Å². The second-order valence-electron chi connectivity index (χ2n) is 3.72. The Hall–Kier alpha value is -1.43. The Kier molecular flexibility index (Phi) is 3.15. The van der Waals surface area contributed by atoms with E-state index in [9.17, 15) is 14.7 Å². The molecule has 1 aliphatic rings. The van der Waals surface area contributed by atoms with Gasteiger partial charge in [-0.2, -0.15) is 0 Å². The van der Waals surface area contributed by atoms with Crippen molar-refractivity contribution in [3.8, 4) is 0 Å². The summed E-state index contributed by atoms with van der Waals surface area (Å²) < 4.78 is 0. The van der Waals surface area contributed by atoms with Gasteiger partial charge < -0.3 is 15.1 Å². The molecule has 5 nitrogen and oxygen atoms in total. The summed E-state index contributed by atoms with van der Waals surface area (Å²) >= 11 is 5.85. The lowest BCUT2D eigenvalue weighted by molar-refractivity contribution is -0.114. The number of hydrogen-bond donors (Lipinski definition) is 2. The first-order valence-corrected chi connectivity index (χ1v) is 5.37. The van der Waals surface area contributed by atoms with E-state index in [1.165, 1.54) is 6.07 Å². The topological polar surface area (TPSA) is 77.8 Å². The van der Waals surface area contributed by atoms with E-state index in [2.05, 4.69) is 0 Å². The van der Waals surface area contributed by atoms with Gasteiger partial charge in [0.05, 0.1) is 35.5 Å². The Morgan fingerprint density at radius 1 is 1.35 bits per heavy atom. The van der Waals surface area contributed by atoms with Crippen molar-refractivity contribution in [3.63, 3.8) is 0 Å². The van der Waals surface area contributed by atoms with Crippen molar-refractivity contribution in [2.75, 3.05) is 18.1 Å². The molecule has 1 aliphatic heterocycles. The first kappa shape index (κ1) is 12.0. The summed E-state index contributed by atoms with van der Waals surface area (Å²) in [4.78, 5) is 24.5. The zero-order valence-electron chi connectivity index (χ0n) is 8.76. The molecule has 1 unspecified atom stereocenters. The van der Waals surface area contributed by atoms with Crippen LogP contribution >= 0.6 is 11.6 Å². The van der Waals surface area contributed by atoms with Gasteiger partial charge in [0.2, 0.25) is 0 Å². The van der Waals surface area contributed by atoms with Gasteiger partial charge in [0.15, 0.2) is 0 Å². The highest BCUT2D eigenvalue weighted by Crippen LogP contribution is 2.33. The Balaban J connectivity index is 2.42. The van der Waals surface area contributed by atoms with Crippen molar-refractivity contribution in [3.05, 3.63) is 28.8 Å². The minimum Gasteiger partial charge on any atom is -0.394 e. The number of nitrogens with zero attached hydrogens (tertiary/aromatic N) is 1. The Morgan fingerprint density at radius 2 is 2.06 bits per heavy atom. The summed E-state index contributed by atoms with van der Waals surface area (Å²) in [6.45, 7) is -0.609. The predicted molar refractivity (Wildman–Crippen MR) is 61.2 cm³/mol. The molecule has 0 radical (unpaired) electrons. The molecule has 90 valence electrons. The van der Waals surface area contributed by atoms with Crippen LogP contribution in [0.4, 0.5) is 5.69 Å². The van der Waals surface area contributed by atoms with Crippen molar-refractivity contribution in [2.24, 2.45) is 0 Å². The Labute approximate surface area is 102 Å². The zero-order chi connectivity index (χ0) is 12.6. The van der Waals surface area contributed by atoms with Crippen LogP contribution in [0.3, 0.4) is 0 Å². The van der Waals surface area contributed by atoms with Crippen LogP contribution < -0.4 is 4.90 Å². The van der Waals surface area contributed by atoms with E-state index in [1.807, 2.05) is 0 Å². The van der Waals surface area contributed by atoms with E-state index in [-0.39, 0.29) is 17.1 Å². The number of halogens is 1. The number of rotatable bonds is 3. The van der Waals surface area contributed by atoms with Gasteiger partial charge in [-0.1, -0.05) is 17.7 Å². The summed E-state index contributed by atoms with van der Waals surface area (Å²) in [5, 5.41) is 18.3. The van der Waals surface area contributed by atoms with Gasteiger partial charge in [0, 0.05) is 0 Å². The largest absolute Gasteiger partial charge is 0.394 e. The number of hydrogen-bond acceptors (Lipinski definition) is 4. The molecule has 2 N–H and O–H groups in total. The molecule has 17 heavy (non-hydrogen) atoms. The molecular formula is C11H10ClNO4. The second-order valence-corrected chi connectivity index (χ2v) is 4.12. The zero-order valence-corrected chi connectivity index (χ0v) is 9.52. The lowest BCUT2D eigenvalue weighted by atomic mass is 10.1. The monoisotopic (exact) mass is 255 g/mol. The average molecular weight is 256 g/mol. The first-order chi connectivity index (χ1) is 8.06. The van der Waals surface area contributed by atoms with Crippen LogP contribution in [0, 0.1) is 0 Å². The number of aliphatic hydroxyl groups excluding tert-OH is 2. The maximum Gasteiger partial charge on any atom is 0.299 e. The summed E-state index contributed by atoms with van der Waals surface area (Å²) in [6.07, 6.45) is -1.09. The van der Waals surface area contributed by atoms with Gasteiger partial charge >= 0.3 is 0 Å². The lowest BCUT2D eigenvalue weighted by Crippen LogP contribution is -2.38. The molecule has 1 aromatic carbocycles. The molecule has 6 heteroatoms. The predicted octanol–water partition coefficient (Wildman–Crippen LogP) is 0.222. The third-order valence-electron chi connectivity index (χ3n) is 2.55. The summed E-state index contributed by atoms with van der Waals surface area (Å²) in [6, 6.07) is 4.72. The molecule has 1 heterocycles. The molecule has 0 spiro atoms. The highest BCUT2D eigenvalue weighted by atomic mass is 35.5. The number of Topliss-reactive ketones (excluding diaryl/α,β-unsaturated/α-hetero) is 1. The maximum absolute atomic E-state index is 11.7. The molecule has 0 saturated heterocycles. The van der Waals surface area contributed by atoms with E-state index in [0.29, 0.717) is 5.69 Å². The second kappa shape index (κ2) is 4.44. The molecule has 0 aliphatic carbocycles. The first-order valence-electron chi connectivity index (χ1n) is 5.00. The number of anilines is 1. The van der Waals surface area contributed by atoms with Gasteiger partial charge in [-0.15, -0.1) is 0 Å². The van der Waals surface area contributed by atoms with E-state index in [1.54, 1.807) is 12.1 Å². The number of fused-ring (bicyclic) bond motifs is 1. The van der Waals surface area contributed by atoms with Crippen molar-refractivity contribution >= 4 is 29.0 Å². The molecule has 1 atom stereocenters. The van der Waals surface area contributed by atoms with E-state index in [0.717, 1.165) is 4.90 Å². The third kappa shape index (κ3) is 1.93. The highest BCUT2D eigenvalue weighted by Gasteiger charge is 2.37. The fraction of sp³-hybridized carbons (Fsp3) is 0.273. The summed E-state index contributed by atoms with van der Waals surface area (Å²) in [7, 11) is 0. The van der Waals surface area contributed by atoms with E-state index >= 15 is 0 Å². The number of β-amino-alcohol motifs (C(OH)–C–C–N with tert-alkyl or cyclic N) is 1. The van der Waals surface area contributed by atoms with Gasteiger partial charge in [-0.05, 0) is 12.1 Å². The number of carbonyl (C=O) groups is 2. The average Bonchev–Trinajstić information content (AvgIpc) is 2.55. The molecule has 0 saturated carbocycles. The van der Waals surface area contributed by atoms with Crippen LogP contribution in [-0.2, 0) is 4.79 Å². The van der Waals surface area contributed by atoms with Crippen molar-refractivity contribution in [2.45, 2.75) is 6.10 Å². The normalized spacial score (nSPS) is 16.3. The minimum absolute atomic E-state index is 0.131. The van der Waals surface area contributed by atoms with Crippen LogP contribution in [0.2, 0.25) is 5.02 Å². The number of aliphatic hydroxyl groups is 2. The van der Waals surface area contributed by atoms with Crippen LogP contribution in [0.5, 0.6) is 0 Å². The SMILES string of the molecule is O=C1C(=O)N(CC(O)CO)c2cccc(Cl)c21. The quantitative estimate of drug-likeness (QED) is 0.758. The number of benzene rings is 1. The van der Waals surface area contributed by atoms with Crippen LogP contribution in [-0.4, -0.2) is 41.2 Å². The van der Waals surface area contributed by atoms with Crippen LogP contribution in [0.15, 0.2) is 18.2 Å². The molecule has 1 amide bonds. The molecular weight excluding hydrogens is 246 g/mol. The van der Waals surface area contributed by atoms with Crippen LogP contribution in [0.25, 0.3) is 0 Å². The smallest absolute Gasteiger partial charge is 0.299 e. The van der Waals surface area contributed by atoms with E-state index < -0.39 is 24.4 Å².